The third kappa shape index (κ3) is 6.58. The van der Waals surface area contributed by atoms with Crippen LogP contribution < -0.4 is 10.1 Å². The van der Waals surface area contributed by atoms with E-state index in [0.717, 1.165) is 52.8 Å². The molecule has 1 N–H and O–H groups in total. The van der Waals surface area contributed by atoms with Crippen LogP contribution in [0, 0.1) is 28.4 Å². The number of terminal acetylenes is 1. The van der Waals surface area contributed by atoms with E-state index in [4.69, 9.17) is 11.2 Å². The van der Waals surface area contributed by atoms with Gasteiger partial charge in [0, 0.05) is 17.0 Å². The quantitative estimate of drug-likeness (QED) is 0.170. The number of thioether (sulfide) groups is 1. The minimum Gasteiger partial charge on any atom is -0.462 e. The number of anilines is 1. The Kier molecular flexibility index (Phi) is 9.21. The number of nitrogens with one attached hydrogen (secondary N) is 1. The zero-order chi connectivity index (χ0) is 28.1. The fourth-order valence-corrected chi connectivity index (χ4v) is 7.39. The molecule has 39 heavy (non-hydrogen) atoms. The van der Waals surface area contributed by atoms with Gasteiger partial charge in [0.1, 0.15) is 5.00 Å². The van der Waals surface area contributed by atoms with Crippen molar-refractivity contribution in [2.45, 2.75) is 39.7 Å². The van der Waals surface area contributed by atoms with Crippen LogP contribution in [0.15, 0.2) is 23.2 Å². The second-order valence-electron chi connectivity index (χ2n) is 8.91. The number of benzene rings is 1. The highest BCUT2D eigenvalue weighted by molar-refractivity contribution is 8.00. The van der Waals surface area contributed by atoms with Crippen LogP contribution in [0.25, 0.3) is 10.2 Å². The highest BCUT2D eigenvalue weighted by Crippen LogP contribution is 2.40. The number of nitro benzene ring substituents is 1. The van der Waals surface area contributed by atoms with Crippen molar-refractivity contribution in [2.24, 2.45) is 10.9 Å². The minimum absolute atomic E-state index is 0.00847. The summed E-state index contributed by atoms with van der Waals surface area (Å²) in [7, 11) is 0. The van der Waals surface area contributed by atoms with Crippen molar-refractivity contribution in [3.05, 3.63) is 49.1 Å². The highest BCUT2D eigenvalue weighted by atomic mass is 32.2. The lowest BCUT2D eigenvalue weighted by Crippen LogP contribution is -2.19. The van der Waals surface area contributed by atoms with E-state index in [1.54, 1.807) is 17.6 Å². The molecule has 10 nitrogen and oxygen atoms in total. The fraction of sp³-hybridized carbons (Fsp3) is 0.385. The Bertz CT molecular complexity index is 1560. The lowest BCUT2D eigenvalue weighted by Gasteiger charge is -2.18. The van der Waals surface area contributed by atoms with E-state index >= 15 is 0 Å². The molecule has 0 bridgehead atoms. The van der Waals surface area contributed by atoms with Gasteiger partial charge < -0.3 is 14.6 Å². The number of nitrogens with zero attached hydrogens (tertiary/aromatic N) is 3. The molecule has 0 saturated heterocycles. The number of ether oxygens (including phenoxy) is 1. The molecule has 3 aromatic rings. The molecule has 4 rings (SSSR count). The number of non-ortho nitro benzene ring substituents is 1. The summed E-state index contributed by atoms with van der Waals surface area (Å²) < 4.78 is 7.48. The van der Waals surface area contributed by atoms with E-state index < -0.39 is 16.8 Å². The molecule has 2 heterocycles. The maximum atomic E-state index is 12.7. The number of carbonyl (C=O) groups excluding carboxylic acids is 3. The second kappa shape index (κ2) is 12.6. The van der Waals surface area contributed by atoms with Crippen LogP contribution in [0.4, 0.5) is 10.7 Å². The van der Waals surface area contributed by atoms with Crippen molar-refractivity contribution in [1.29, 1.82) is 0 Å². The first-order chi connectivity index (χ1) is 18.7. The zero-order valence-electron chi connectivity index (χ0n) is 21.4. The SMILES string of the molecule is C#CCn1c(=NC(=O)CSCC(=O)Nc2sc3c(c2C(=O)OCC)CCC(C)C3)sc2cc([N+](=O)[O-])ccc21. The first kappa shape index (κ1) is 28.5. The van der Waals surface area contributed by atoms with E-state index in [9.17, 15) is 24.5 Å². The molecule has 1 atom stereocenters. The number of aromatic nitrogens is 1. The van der Waals surface area contributed by atoms with Gasteiger partial charge in [-0.05, 0) is 43.7 Å². The molecule has 204 valence electrons. The van der Waals surface area contributed by atoms with E-state index in [-0.39, 0.29) is 36.3 Å². The van der Waals surface area contributed by atoms with E-state index in [1.807, 2.05) is 0 Å². The number of rotatable bonds is 9. The Hall–Kier alpha value is -3.47. The Balaban J connectivity index is 1.43. The molecule has 13 heteroatoms. The van der Waals surface area contributed by atoms with Gasteiger partial charge in [0.25, 0.3) is 11.6 Å². The standard InChI is InChI=1S/C26H26N4O6S3/c1-4-10-29-18-9-7-16(30(34)35)12-20(18)39-26(29)28-22(32)14-37-13-21(31)27-24-23(25(33)36-5-2)17-8-6-15(3)11-19(17)38-24/h1,7,9,12,15H,5-6,8,10-11,13-14H2,2-3H3,(H,27,31). The lowest BCUT2D eigenvalue weighted by atomic mass is 9.88. The molecule has 0 spiro atoms. The van der Waals surface area contributed by atoms with E-state index in [1.165, 1.54) is 23.5 Å². The van der Waals surface area contributed by atoms with Crippen LogP contribution in [0.3, 0.4) is 0 Å². The van der Waals surface area contributed by atoms with Crippen LogP contribution in [0.5, 0.6) is 0 Å². The summed E-state index contributed by atoms with van der Waals surface area (Å²) in [6, 6.07) is 4.38. The molecule has 1 aliphatic carbocycles. The van der Waals surface area contributed by atoms with Crippen molar-refractivity contribution < 1.29 is 24.0 Å². The number of hydrogen-bond acceptors (Lipinski definition) is 9. The van der Waals surface area contributed by atoms with Crippen molar-refractivity contribution >= 4 is 73.1 Å². The Labute approximate surface area is 236 Å². The predicted molar refractivity (Wildman–Crippen MR) is 153 cm³/mol. The molecule has 0 fully saturated rings. The van der Waals surface area contributed by atoms with Gasteiger partial charge in [-0.25, -0.2) is 4.79 Å². The maximum absolute atomic E-state index is 12.7. The van der Waals surface area contributed by atoms with Crippen LogP contribution in [-0.4, -0.2) is 45.4 Å². The molecule has 0 aliphatic heterocycles. The summed E-state index contributed by atoms with van der Waals surface area (Å²) in [6.07, 6.45) is 8.08. The number of amides is 2. The van der Waals surface area contributed by atoms with Crippen molar-refractivity contribution in [1.82, 2.24) is 4.57 Å². The largest absolute Gasteiger partial charge is 0.462 e. The van der Waals surface area contributed by atoms with E-state index in [2.05, 4.69) is 23.2 Å². The summed E-state index contributed by atoms with van der Waals surface area (Å²) in [5.41, 5.74) is 1.98. The summed E-state index contributed by atoms with van der Waals surface area (Å²) in [4.78, 5) is 54.1. The molecule has 1 aromatic carbocycles. The molecule has 1 aliphatic rings. The van der Waals surface area contributed by atoms with Gasteiger partial charge in [0.05, 0.1) is 45.4 Å². The van der Waals surface area contributed by atoms with Gasteiger partial charge in [-0.3, -0.25) is 19.7 Å². The lowest BCUT2D eigenvalue weighted by molar-refractivity contribution is -0.384. The van der Waals surface area contributed by atoms with Gasteiger partial charge in [-0.2, -0.15) is 4.99 Å². The van der Waals surface area contributed by atoms with Crippen LogP contribution in [0.2, 0.25) is 0 Å². The third-order valence-electron chi connectivity index (χ3n) is 6.05. The Morgan fingerprint density at radius 3 is 2.85 bits per heavy atom. The number of fused-ring (bicyclic) bond motifs is 2. The molecular formula is C26H26N4O6S3. The average Bonchev–Trinajstić information content (AvgIpc) is 3.40. The van der Waals surface area contributed by atoms with Crippen LogP contribution in [0.1, 0.15) is 41.1 Å². The monoisotopic (exact) mass is 586 g/mol. The van der Waals surface area contributed by atoms with Crippen molar-refractivity contribution in [2.75, 3.05) is 23.4 Å². The summed E-state index contributed by atoms with van der Waals surface area (Å²) in [6.45, 7) is 4.30. The Morgan fingerprint density at radius 2 is 2.13 bits per heavy atom. The van der Waals surface area contributed by atoms with Gasteiger partial charge in [-0.1, -0.05) is 24.2 Å². The zero-order valence-corrected chi connectivity index (χ0v) is 23.8. The van der Waals surface area contributed by atoms with Gasteiger partial charge in [0.15, 0.2) is 4.80 Å². The van der Waals surface area contributed by atoms with Crippen LogP contribution in [-0.2, 0) is 33.7 Å². The van der Waals surface area contributed by atoms with Crippen molar-refractivity contribution in [3.8, 4) is 12.3 Å². The number of esters is 1. The van der Waals surface area contributed by atoms with Crippen LogP contribution >= 0.6 is 34.4 Å². The number of thiazole rings is 1. The van der Waals surface area contributed by atoms with Gasteiger partial charge in [0.2, 0.25) is 5.91 Å². The predicted octanol–water partition coefficient (Wildman–Crippen LogP) is 4.41. The Morgan fingerprint density at radius 1 is 1.33 bits per heavy atom. The number of thiophene rings is 1. The second-order valence-corrected chi connectivity index (χ2v) is 12.0. The van der Waals surface area contributed by atoms with Gasteiger partial charge >= 0.3 is 5.97 Å². The summed E-state index contributed by atoms with van der Waals surface area (Å²) in [5.74, 6) is 1.72. The molecule has 0 saturated carbocycles. The topological polar surface area (TPSA) is 133 Å². The summed E-state index contributed by atoms with van der Waals surface area (Å²) >= 11 is 3.64. The normalized spacial score (nSPS) is 15.0. The average molecular weight is 587 g/mol. The number of nitro groups is 1. The first-order valence-electron chi connectivity index (χ1n) is 12.2. The molecule has 2 amide bonds. The maximum Gasteiger partial charge on any atom is 0.341 e. The van der Waals surface area contributed by atoms with Crippen molar-refractivity contribution in [3.63, 3.8) is 0 Å². The van der Waals surface area contributed by atoms with Gasteiger partial charge in [-0.15, -0.1) is 29.5 Å². The number of hydrogen-bond donors (Lipinski definition) is 1. The molecule has 0 radical (unpaired) electrons. The smallest absolute Gasteiger partial charge is 0.341 e. The molecule has 1 unspecified atom stereocenters. The molecule has 2 aromatic heterocycles. The highest BCUT2D eigenvalue weighted by Gasteiger charge is 2.29. The summed E-state index contributed by atoms with van der Waals surface area (Å²) in [5, 5.41) is 14.4. The van der Waals surface area contributed by atoms with E-state index in [0.29, 0.717) is 31.5 Å². The minimum atomic E-state index is -0.490. The first-order valence-corrected chi connectivity index (χ1v) is 15.0. The fourth-order valence-electron chi connectivity index (χ4n) is 4.30. The molecular weight excluding hydrogens is 561 g/mol. The number of carbonyl (C=O) groups is 3. The third-order valence-corrected chi connectivity index (χ3v) is 9.18.